The molecule has 1 N–H and O–H groups in total. The standard InChI is InChI=1S/C36H40FN3O4S/c1-5-28(4)38-36(42)34(23-29-9-7-6-8-10-29)39(24-30-15-11-26(2)12-16-30)35(41)25-40(32-19-17-31(37)18-20-32)45(43,44)33-21-13-27(3)14-22-33/h6-22,28,34H,5,23-25H2,1-4H3,(H,38,42)/t28-,34+/m0/s1. The van der Waals surface area contributed by atoms with Crippen LogP contribution in [0.3, 0.4) is 0 Å². The largest absolute Gasteiger partial charge is 0.352 e. The third kappa shape index (κ3) is 8.79. The summed E-state index contributed by atoms with van der Waals surface area (Å²) in [7, 11) is -4.26. The molecule has 4 aromatic rings. The van der Waals surface area contributed by atoms with Crippen LogP contribution in [-0.2, 0) is 32.6 Å². The highest BCUT2D eigenvalue weighted by Gasteiger charge is 2.35. The van der Waals surface area contributed by atoms with Crippen molar-refractivity contribution in [2.24, 2.45) is 0 Å². The number of benzene rings is 4. The molecule has 0 heterocycles. The third-order valence-corrected chi connectivity index (χ3v) is 9.54. The molecule has 7 nitrogen and oxygen atoms in total. The van der Waals surface area contributed by atoms with Gasteiger partial charge in [0.25, 0.3) is 10.0 Å². The van der Waals surface area contributed by atoms with E-state index in [1.165, 1.54) is 29.2 Å². The smallest absolute Gasteiger partial charge is 0.264 e. The normalized spacial score (nSPS) is 12.6. The summed E-state index contributed by atoms with van der Waals surface area (Å²) in [5.41, 5.74) is 3.69. The SMILES string of the molecule is CC[C@H](C)NC(=O)[C@@H](Cc1ccccc1)N(Cc1ccc(C)cc1)C(=O)CN(c1ccc(F)cc1)S(=O)(=O)c1ccc(C)cc1. The van der Waals surface area contributed by atoms with E-state index in [1.54, 1.807) is 12.1 Å². The van der Waals surface area contributed by atoms with Gasteiger partial charge in [0.15, 0.2) is 0 Å². The fourth-order valence-corrected chi connectivity index (χ4v) is 6.27. The Morgan fingerprint density at radius 3 is 1.96 bits per heavy atom. The van der Waals surface area contributed by atoms with Crippen molar-refractivity contribution in [3.8, 4) is 0 Å². The first-order chi connectivity index (χ1) is 21.5. The lowest BCUT2D eigenvalue weighted by atomic mass is 10.0. The van der Waals surface area contributed by atoms with Crippen LogP contribution in [0.1, 0.15) is 42.5 Å². The van der Waals surface area contributed by atoms with Gasteiger partial charge in [-0.2, -0.15) is 0 Å². The number of hydrogen-bond acceptors (Lipinski definition) is 4. The van der Waals surface area contributed by atoms with Gasteiger partial charge < -0.3 is 10.2 Å². The van der Waals surface area contributed by atoms with Crippen LogP contribution in [0.4, 0.5) is 10.1 Å². The summed E-state index contributed by atoms with van der Waals surface area (Å²) < 4.78 is 43.0. The van der Waals surface area contributed by atoms with Crippen LogP contribution < -0.4 is 9.62 Å². The van der Waals surface area contributed by atoms with Crippen molar-refractivity contribution in [1.82, 2.24) is 10.2 Å². The highest BCUT2D eigenvalue weighted by Crippen LogP contribution is 2.26. The molecule has 0 saturated carbocycles. The number of amides is 2. The molecule has 0 spiro atoms. The van der Waals surface area contributed by atoms with Gasteiger partial charge in [-0.15, -0.1) is 0 Å². The number of carbonyl (C=O) groups is 2. The minimum absolute atomic E-state index is 0.00865. The lowest BCUT2D eigenvalue weighted by molar-refractivity contribution is -0.140. The summed E-state index contributed by atoms with van der Waals surface area (Å²) in [6.07, 6.45) is 0.921. The third-order valence-electron chi connectivity index (χ3n) is 7.75. The number of carbonyl (C=O) groups excluding carboxylic acids is 2. The maximum absolute atomic E-state index is 14.5. The quantitative estimate of drug-likeness (QED) is 0.191. The number of sulfonamides is 1. The van der Waals surface area contributed by atoms with Crippen LogP contribution in [0.25, 0.3) is 0 Å². The van der Waals surface area contributed by atoms with E-state index in [4.69, 9.17) is 0 Å². The molecular weight excluding hydrogens is 589 g/mol. The molecule has 0 unspecified atom stereocenters. The minimum Gasteiger partial charge on any atom is -0.352 e. The summed E-state index contributed by atoms with van der Waals surface area (Å²) >= 11 is 0. The molecule has 0 aromatic heterocycles. The lowest BCUT2D eigenvalue weighted by Gasteiger charge is -2.34. The number of halogens is 1. The molecule has 0 radical (unpaired) electrons. The van der Waals surface area contributed by atoms with E-state index in [2.05, 4.69) is 5.32 Å². The van der Waals surface area contributed by atoms with E-state index >= 15 is 0 Å². The number of nitrogens with one attached hydrogen (secondary N) is 1. The molecule has 2 amide bonds. The van der Waals surface area contributed by atoms with Crippen LogP contribution in [-0.4, -0.2) is 43.8 Å². The van der Waals surface area contributed by atoms with Crippen LogP contribution >= 0.6 is 0 Å². The van der Waals surface area contributed by atoms with E-state index in [-0.39, 0.29) is 35.5 Å². The Morgan fingerprint density at radius 2 is 1.38 bits per heavy atom. The van der Waals surface area contributed by atoms with E-state index in [1.807, 2.05) is 82.3 Å². The molecule has 9 heteroatoms. The topological polar surface area (TPSA) is 86.8 Å². The van der Waals surface area contributed by atoms with Gasteiger partial charge in [0.2, 0.25) is 11.8 Å². The molecule has 0 aliphatic carbocycles. The van der Waals surface area contributed by atoms with Gasteiger partial charge in [0.05, 0.1) is 10.6 Å². The molecule has 236 valence electrons. The predicted octanol–water partition coefficient (Wildman–Crippen LogP) is 6.19. The zero-order valence-corrected chi connectivity index (χ0v) is 26.9. The maximum Gasteiger partial charge on any atom is 0.264 e. The first kappa shape index (κ1) is 33.4. The molecule has 4 aromatic carbocycles. The van der Waals surface area contributed by atoms with E-state index in [0.29, 0.717) is 6.42 Å². The van der Waals surface area contributed by atoms with Crippen molar-refractivity contribution in [3.05, 3.63) is 131 Å². The zero-order valence-electron chi connectivity index (χ0n) is 26.1. The lowest BCUT2D eigenvalue weighted by Crippen LogP contribution is -2.54. The Balaban J connectivity index is 1.80. The van der Waals surface area contributed by atoms with Crippen molar-refractivity contribution in [2.45, 2.75) is 64.1 Å². The van der Waals surface area contributed by atoms with Crippen LogP contribution in [0, 0.1) is 19.7 Å². The van der Waals surface area contributed by atoms with Gasteiger partial charge in [-0.1, -0.05) is 84.8 Å². The Hall–Kier alpha value is -4.50. The molecule has 0 bridgehead atoms. The van der Waals surface area contributed by atoms with Crippen LogP contribution in [0.15, 0.2) is 108 Å². The zero-order chi connectivity index (χ0) is 32.6. The average Bonchev–Trinajstić information content (AvgIpc) is 3.03. The monoisotopic (exact) mass is 629 g/mol. The fourth-order valence-electron chi connectivity index (χ4n) is 4.86. The summed E-state index contributed by atoms with van der Waals surface area (Å²) in [6.45, 7) is 7.14. The van der Waals surface area contributed by atoms with Crippen molar-refractivity contribution >= 4 is 27.5 Å². The molecule has 0 aliphatic rings. The van der Waals surface area contributed by atoms with Crippen molar-refractivity contribution < 1.29 is 22.4 Å². The fraction of sp³-hybridized carbons (Fsp3) is 0.278. The first-order valence-electron chi connectivity index (χ1n) is 15.0. The van der Waals surface area contributed by atoms with Gasteiger partial charge in [-0.05, 0) is 74.7 Å². The number of rotatable bonds is 13. The van der Waals surface area contributed by atoms with Gasteiger partial charge >= 0.3 is 0 Å². The number of hydrogen-bond donors (Lipinski definition) is 1. The second-order valence-corrected chi connectivity index (χ2v) is 13.2. The van der Waals surface area contributed by atoms with Gasteiger partial charge in [-0.25, -0.2) is 12.8 Å². The highest BCUT2D eigenvalue weighted by molar-refractivity contribution is 7.92. The van der Waals surface area contributed by atoms with E-state index in [0.717, 1.165) is 38.7 Å². The second-order valence-electron chi connectivity index (χ2n) is 11.3. The average molecular weight is 630 g/mol. The molecule has 2 atom stereocenters. The van der Waals surface area contributed by atoms with Gasteiger partial charge in [0, 0.05) is 19.0 Å². The van der Waals surface area contributed by atoms with Crippen LogP contribution in [0.5, 0.6) is 0 Å². The van der Waals surface area contributed by atoms with Crippen molar-refractivity contribution in [2.75, 3.05) is 10.8 Å². The van der Waals surface area contributed by atoms with E-state index < -0.39 is 34.3 Å². The van der Waals surface area contributed by atoms with E-state index in [9.17, 15) is 22.4 Å². The molecule has 0 saturated heterocycles. The predicted molar refractivity (Wildman–Crippen MR) is 176 cm³/mol. The first-order valence-corrected chi connectivity index (χ1v) is 16.5. The molecule has 0 fully saturated rings. The number of nitrogens with zero attached hydrogens (tertiary/aromatic N) is 2. The van der Waals surface area contributed by atoms with Crippen LogP contribution in [0.2, 0.25) is 0 Å². The summed E-state index contributed by atoms with van der Waals surface area (Å²) in [4.78, 5) is 29.8. The molecule has 0 aliphatic heterocycles. The second kappa shape index (κ2) is 15.0. The molecule has 45 heavy (non-hydrogen) atoms. The van der Waals surface area contributed by atoms with Crippen molar-refractivity contribution in [3.63, 3.8) is 0 Å². The Labute approximate surface area is 265 Å². The minimum atomic E-state index is -4.26. The van der Waals surface area contributed by atoms with Crippen molar-refractivity contribution in [1.29, 1.82) is 0 Å². The summed E-state index contributed by atoms with van der Waals surface area (Å²) in [6, 6.07) is 27.2. The van der Waals surface area contributed by atoms with Gasteiger partial charge in [-0.3, -0.25) is 13.9 Å². The maximum atomic E-state index is 14.5. The number of aryl methyl sites for hydroxylation is 2. The number of anilines is 1. The molecular formula is C36H40FN3O4S. The Kier molecular flexibility index (Phi) is 11.1. The van der Waals surface area contributed by atoms with Gasteiger partial charge in [0.1, 0.15) is 18.4 Å². The highest BCUT2D eigenvalue weighted by atomic mass is 32.2. The summed E-state index contributed by atoms with van der Waals surface area (Å²) in [5.74, 6) is -1.44. The summed E-state index contributed by atoms with van der Waals surface area (Å²) in [5, 5.41) is 3.03. The molecule has 4 rings (SSSR count). The Morgan fingerprint density at radius 1 is 0.800 bits per heavy atom. The Bertz CT molecular complexity index is 1680.